The molecule has 1 N–H and O–H groups in total. The predicted octanol–water partition coefficient (Wildman–Crippen LogP) is 5.82. The van der Waals surface area contributed by atoms with Gasteiger partial charge in [-0.25, -0.2) is 4.98 Å². The van der Waals surface area contributed by atoms with Crippen molar-refractivity contribution in [1.82, 2.24) is 10.3 Å². The number of ether oxygens (including phenoxy) is 1. The van der Waals surface area contributed by atoms with E-state index < -0.39 is 0 Å². The smallest absolute Gasteiger partial charge is 0.227 e. The van der Waals surface area contributed by atoms with E-state index >= 15 is 0 Å². The van der Waals surface area contributed by atoms with Gasteiger partial charge in [-0.2, -0.15) is 0 Å². The first-order valence-corrected chi connectivity index (χ1v) is 9.16. The molecule has 0 saturated carbocycles. The Morgan fingerprint density at radius 1 is 0.963 bits per heavy atom. The summed E-state index contributed by atoms with van der Waals surface area (Å²) in [6, 6.07) is 16.2. The monoisotopic (exact) mass is 368 g/mol. The van der Waals surface area contributed by atoms with Crippen LogP contribution in [0.3, 0.4) is 0 Å². The first-order valence-electron chi connectivity index (χ1n) is 9.16. The molecule has 0 aliphatic carbocycles. The number of para-hydroxylation sites is 2. The molecule has 1 aromatic heterocycles. The van der Waals surface area contributed by atoms with E-state index in [2.05, 4.69) is 34.6 Å². The number of hydrogen-bond donors (Lipinski definition) is 1. The molecule has 1 atom stereocenters. The van der Waals surface area contributed by atoms with Crippen LogP contribution in [0.5, 0.6) is 0 Å². The summed E-state index contributed by atoms with van der Waals surface area (Å²) in [4.78, 5) is 4.55. The lowest BCUT2D eigenvalue weighted by atomic mass is 10.1. The van der Waals surface area contributed by atoms with Crippen molar-refractivity contribution in [3.05, 3.63) is 54.1 Å². The van der Waals surface area contributed by atoms with Gasteiger partial charge in [-0.05, 0) is 68.6 Å². The maximum atomic E-state index is 6.12. The molecular weight excluding hydrogens is 336 g/mol. The van der Waals surface area contributed by atoms with Crippen molar-refractivity contribution in [2.24, 2.45) is 0 Å². The van der Waals surface area contributed by atoms with Crippen LogP contribution in [0, 0.1) is 0 Å². The molecule has 3 aromatic rings. The molecule has 1 fully saturated rings. The fourth-order valence-corrected chi connectivity index (χ4v) is 3.27. The van der Waals surface area contributed by atoms with Gasteiger partial charge in [0.1, 0.15) is 5.52 Å². The molecule has 2 aromatic carbocycles. The number of fused-ring (bicyclic) bond motifs is 1. The maximum Gasteiger partial charge on any atom is 0.227 e. The second-order valence-electron chi connectivity index (χ2n) is 6.65. The van der Waals surface area contributed by atoms with Crippen molar-refractivity contribution in [2.75, 3.05) is 13.1 Å². The van der Waals surface area contributed by atoms with E-state index in [-0.39, 0.29) is 14.9 Å². The lowest BCUT2D eigenvalue weighted by Gasteiger charge is -2.21. The van der Waals surface area contributed by atoms with Gasteiger partial charge in [0.05, 0.1) is 12.7 Å². The highest BCUT2D eigenvalue weighted by Crippen LogP contribution is 2.24. The van der Waals surface area contributed by atoms with Crippen LogP contribution in [-0.4, -0.2) is 24.2 Å². The van der Waals surface area contributed by atoms with Crippen molar-refractivity contribution in [1.29, 1.82) is 0 Å². The number of aromatic nitrogens is 1. The van der Waals surface area contributed by atoms with Crippen molar-refractivity contribution in [3.63, 3.8) is 0 Å². The van der Waals surface area contributed by atoms with Gasteiger partial charge in [-0.15, -0.1) is 0 Å². The van der Waals surface area contributed by atoms with E-state index in [1.165, 1.54) is 24.8 Å². The van der Waals surface area contributed by atoms with E-state index in [1.54, 1.807) is 0 Å². The average Bonchev–Trinajstić information content (AvgIpc) is 3.05. The summed E-state index contributed by atoms with van der Waals surface area (Å²) in [6.07, 6.45) is 5.13. The van der Waals surface area contributed by atoms with E-state index in [1.807, 2.05) is 24.3 Å². The Bertz CT molecular complexity index is 770. The Hall–Kier alpha value is -2.17. The molecule has 4 nitrogen and oxygen atoms in total. The largest absolute Gasteiger partial charge is 0.436 e. The fraction of sp³-hybridized carbons (Fsp3) is 0.435. The zero-order chi connectivity index (χ0) is 16.9. The van der Waals surface area contributed by atoms with Crippen LogP contribution in [0.2, 0.25) is 0 Å². The summed E-state index contributed by atoms with van der Waals surface area (Å²) in [6.45, 7) is 2.86. The molecule has 1 aliphatic rings. The quantitative estimate of drug-likeness (QED) is 0.631. The molecule has 0 spiro atoms. The molecule has 1 unspecified atom stereocenters. The molecular formula is C23H32N2O2. The van der Waals surface area contributed by atoms with Gasteiger partial charge in [-0.1, -0.05) is 39.1 Å². The van der Waals surface area contributed by atoms with Crippen LogP contribution in [0.15, 0.2) is 52.9 Å². The predicted molar refractivity (Wildman–Crippen MR) is 113 cm³/mol. The Kier molecular flexibility index (Phi) is 8.01. The van der Waals surface area contributed by atoms with Crippen LogP contribution >= 0.6 is 0 Å². The van der Waals surface area contributed by atoms with Crippen molar-refractivity contribution < 1.29 is 9.15 Å². The molecule has 2 heterocycles. The Labute approximate surface area is 163 Å². The van der Waals surface area contributed by atoms with Gasteiger partial charge < -0.3 is 14.5 Å². The third kappa shape index (κ3) is 5.41. The van der Waals surface area contributed by atoms with E-state index in [4.69, 9.17) is 9.15 Å². The summed E-state index contributed by atoms with van der Waals surface area (Å²) in [5.41, 5.74) is 3.90. The van der Waals surface area contributed by atoms with Crippen LogP contribution < -0.4 is 5.32 Å². The molecule has 146 valence electrons. The highest BCUT2D eigenvalue weighted by atomic mass is 16.5. The van der Waals surface area contributed by atoms with Crippen molar-refractivity contribution in [3.8, 4) is 11.5 Å². The Morgan fingerprint density at radius 2 is 1.78 bits per heavy atom. The molecule has 1 aliphatic heterocycles. The number of benzene rings is 2. The van der Waals surface area contributed by atoms with Gasteiger partial charge >= 0.3 is 0 Å². The zero-order valence-electron chi connectivity index (χ0n) is 14.4. The second-order valence-corrected chi connectivity index (χ2v) is 6.65. The number of rotatable bonds is 4. The molecule has 4 heteroatoms. The van der Waals surface area contributed by atoms with Gasteiger partial charge in [0, 0.05) is 5.56 Å². The van der Waals surface area contributed by atoms with Crippen molar-refractivity contribution in [2.45, 2.75) is 53.2 Å². The average molecular weight is 369 g/mol. The lowest BCUT2D eigenvalue weighted by molar-refractivity contribution is 0.0259. The minimum Gasteiger partial charge on any atom is -0.436 e. The number of nitrogens with zero attached hydrogens (tertiary/aromatic N) is 1. The molecule has 0 bridgehead atoms. The minimum absolute atomic E-state index is 0. The van der Waals surface area contributed by atoms with E-state index in [9.17, 15) is 0 Å². The maximum absolute atomic E-state index is 6.12. The first-order chi connectivity index (χ1) is 12.4. The Morgan fingerprint density at radius 3 is 2.59 bits per heavy atom. The normalized spacial score (nSPS) is 17.4. The summed E-state index contributed by atoms with van der Waals surface area (Å²) >= 11 is 0. The van der Waals surface area contributed by atoms with Crippen LogP contribution in [0.4, 0.5) is 0 Å². The third-order valence-corrected chi connectivity index (χ3v) is 4.75. The number of nitrogens with one attached hydrogen (secondary N) is 1. The third-order valence-electron chi connectivity index (χ3n) is 4.75. The highest BCUT2D eigenvalue weighted by molar-refractivity contribution is 5.75. The topological polar surface area (TPSA) is 47.3 Å². The molecule has 1 saturated heterocycles. The van der Waals surface area contributed by atoms with Crippen LogP contribution in [0.1, 0.15) is 46.1 Å². The number of hydrogen-bond acceptors (Lipinski definition) is 4. The van der Waals surface area contributed by atoms with Crippen LogP contribution in [-0.2, 0) is 11.3 Å². The Balaban J connectivity index is 0.00000131. The SMILES string of the molecule is C.C.c1ccc2oc(-c3ccc(COC4CCCCNCC4)cc3)nc2c1. The van der Waals surface area contributed by atoms with Crippen LogP contribution in [0.25, 0.3) is 22.6 Å². The molecule has 4 rings (SSSR count). The molecule has 0 radical (unpaired) electrons. The summed E-state index contributed by atoms with van der Waals surface area (Å²) in [5.74, 6) is 0.666. The van der Waals surface area contributed by atoms with Crippen molar-refractivity contribution >= 4 is 11.1 Å². The van der Waals surface area contributed by atoms with E-state index in [0.717, 1.165) is 36.2 Å². The van der Waals surface area contributed by atoms with E-state index in [0.29, 0.717) is 18.6 Å². The van der Waals surface area contributed by atoms with Gasteiger partial charge in [-0.3, -0.25) is 0 Å². The second kappa shape index (κ2) is 10.2. The number of oxazole rings is 1. The highest BCUT2D eigenvalue weighted by Gasteiger charge is 2.12. The summed E-state index contributed by atoms with van der Waals surface area (Å²) in [7, 11) is 0. The summed E-state index contributed by atoms with van der Waals surface area (Å²) in [5, 5.41) is 3.45. The first kappa shape index (κ1) is 21.1. The molecule has 0 amide bonds. The standard InChI is InChI=1S/C21H24N2O2.2CH4/c1-2-7-20-19(6-1)23-21(25-20)17-10-8-16(9-11-17)15-24-18-5-3-4-13-22-14-12-18;;/h1-2,6-11,18,22H,3-5,12-15H2;2*1H4. The summed E-state index contributed by atoms with van der Waals surface area (Å²) < 4.78 is 11.9. The minimum atomic E-state index is 0. The van der Waals surface area contributed by atoms with Gasteiger partial charge in [0.2, 0.25) is 5.89 Å². The molecule has 27 heavy (non-hydrogen) atoms. The lowest BCUT2D eigenvalue weighted by Crippen LogP contribution is -2.26. The van der Waals surface area contributed by atoms with Gasteiger partial charge in [0.15, 0.2) is 5.58 Å². The van der Waals surface area contributed by atoms with Gasteiger partial charge in [0.25, 0.3) is 0 Å². The zero-order valence-corrected chi connectivity index (χ0v) is 14.4. The fourth-order valence-electron chi connectivity index (χ4n) is 3.27.